The summed E-state index contributed by atoms with van der Waals surface area (Å²) in [6.07, 6.45) is 5.95. The molecule has 0 saturated heterocycles. The Morgan fingerprint density at radius 3 is 2.78 bits per heavy atom. The number of nitrogens with two attached hydrogens (primary N) is 1. The molecule has 27 heavy (non-hydrogen) atoms. The quantitative estimate of drug-likeness (QED) is 0.482. The molecule has 1 atom stereocenters. The lowest BCUT2D eigenvalue weighted by molar-refractivity contribution is -0.134. The highest BCUT2D eigenvalue weighted by atomic mass is 35.5. The van der Waals surface area contributed by atoms with Gasteiger partial charge in [-0.25, -0.2) is 10.2 Å². The summed E-state index contributed by atoms with van der Waals surface area (Å²) in [5, 5.41) is 6.81. The molecule has 140 valence electrons. The lowest BCUT2D eigenvalue weighted by atomic mass is 9.96. The SMILES string of the molecule is CCc1cc(F)cc(Cl)c1-c1ccc2c(c1)=CNC(N(N)C(=O)C1CC1)C=2. The molecular formula is C21H21ClFN3O. The van der Waals surface area contributed by atoms with Gasteiger partial charge in [-0.3, -0.25) is 9.80 Å². The fraction of sp³-hybridized carbons (Fsp3) is 0.286. The molecular weight excluding hydrogens is 365 g/mol. The van der Waals surface area contributed by atoms with Gasteiger partial charge in [-0.1, -0.05) is 30.7 Å². The predicted octanol–water partition coefficient (Wildman–Crippen LogP) is 2.27. The van der Waals surface area contributed by atoms with Crippen molar-refractivity contribution in [1.29, 1.82) is 0 Å². The third-order valence-corrected chi connectivity index (χ3v) is 5.42. The maximum Gasteiger partial charge on any atom is 0.241 e. The number of halogens is 2. The molecule has 0 aromatic heterocycles. The first kappa shape index (κ1) is 18.0. The van der Waals surface area contributed by atoms with E-state index in [0.717, 1.165) is 40.0 Å². The molecule has 0 radical (unpaired) electrons. The van der Waals surface area contributed by atoms with Crippen molar-refractivity contribution in [3.8, 4) is 11.1 Å². The smallest absolute Gasteiger partial charge is 0.241 e. The normalized spacial score (nSPS) is 18.0. The molecule has 6 heteroatoms. The Labute approximate surface area is 162 Å². The number of carbonyl (C=O) groups excluding carboxylic acids is 1. The molecule has 2 aromatic carbocycles. The number of aryl methyl sites for hydroxylation is 1. The Bertz CT molecular complexity index is 1030. The van der Waals surface area contributed by atoms with E-state index in [1.54, 1.807) is 0 Å². The van der Waals surface area contributed by atoms with Crippen LogP contribution in [0.5, 0.6) is 0 Å². The van der Waals surface area contributed by atoms with Gasteiger partial charge in [0.1, 0.15) is 12.0 Å². The molecule has 1 saturated carbocycles. The summed E-state index contributed by atoms with van der Waals surface area (Å²) >= 11 is 6.33. The summed E-state index contributed by atoms with van der Waals surface area (Å²) in [5.41, 5.74) is 2.65. The monoisotopic (exact) mass is 385 g/mol. The first-order valence-electron chi connectivity index (χ1n) is 9.12. The Kier molecular flexibility index (Phi) is 4.66. The van der Waals surface area contributed by atoms with Crippen LogP contribution in [-0.4, -0.2) is 17.1 Å². The summed E-state index contributed by atoms with van der Waals surface area (Å²) in [6.45, 7) is 1.98. The van der Waals surface area contributed by atoms with Crippen LogP contribution in [0.1, 0.15) is 25.3 Å². The van der Waals surface area contributed by atoms with Crippen molar-refractivity contribution in [1.82, 2.24) is 10.3 Å². The number of rotatable bonds is 4. The highest BCUT2D eigenvalue weighted by molar-refractivity contribution is 6.33. The van der Waals surface area contributed by atoms with E-state index in [4.69, 9.17) is 17.4 Å². The minimum absolute atomic E-state index is 0.0251. The standard InChI is InChI=1S/C21H21ClFN3O/c1-2-12-8-17(23)10-18(22)20(12)15-6-5-14-9-19(25-11-16(14)7-15)26(24)21(27)13-3-4-13/h5-11,13,19,25H,2-4,24H2,1H3. The molecule has 1 fully saturated rings. The molecule has 4 rings (SSSR count). The summed E-state index contributed by atoms with van der Waals surface area (Å²) in [4.78, 5) is 12.2. The predicted molar refractivity (Wildman–Crippen MR) is 105 cm³/mol. The van der Waals surface area contributed by atoms with Crippen LogP contribution in [0.2, 0.25) is 5.02 Å². The Morgan fingerprint density at radius 1 is 1.30 bits per heavy atom. The number of fused-ring (bicyclic) bond motifs is 1. The average molecular weight is 386 g/mol. The van der Waals surface area contributed by atoms with Crippen LogP contribution in [0.15, 0.2) is 30.3 Å². The molecule has 1 heterocycles. The highest BCUT2D eigenvalue weighted by Gasteiger charge is 2.34. The van der Waals surface area contributed by atoms with E-state index in [0.29, 0.717) is 11.4 Å². The van der Waals surface area contributed by atoms with Crippen LogP contribution in [0.25, 0.3) is 23.4 Å². The largest absolute Gasteiger partial charge is 0.366 e. The van der Waals surface area contributed by atoms with Gasteiger partial charge in [-0.2, -0.15) is 0 Å². The Hall–Kier alpha value is -2.37. The second kappa shape index (κ2) is 6.98. The minimum atomic E-state index is -0.364. The van der Waals surface area contributed by atoms with E-state index in [2.05, 4.69) is 5.32 Å². The maximum atomic E-state index is 13.7. The second-order valence-electron chi connectivity index (χ2n) is 7.06. The van der Waals surface area contributed by atoms with Gasteiger partial charge >= 0.3 is 0 Å². The van der Waals surface area contributed by atoms with Crippen molar-refractivity contribution < 1.29 is 9.18 Å². The number of amides is 1. The summed E-state index contributed by atoms with van der Waals surface area (Å²) < 4.78 is 13.7. The summed E-state index contributed by atoms with van der Waals surface area (Å²) in [7, 11) is 0. The molecule has 3 N–H and O–H groups in total. The first-order chi connectivity index (χ1) is 13.0. The van der Waals surface area contributed by atoms with Crippen LogP contribution >= 0.6 is 11.6 Å². The van der Waals surface area contributed by atoms with Crippen molar-refractivity contribution in [3.63, 3.8) is 0 Å². The third-order valence-electron chi connectivity index (χ3n) is 5.12. The fourth-order valence-corrected chi connectivity index (χ4v) is 3.80. The minimum Gasteiger partial charge on any atom is -0.366 e. The first-order valence-corrected chi connectivity index (χ1v) is 9.50. The van der Waals surface area contributed by atoms with Crippen LogP contribution < -0.4 is 21.6 Å². The lowest BCUT2D eigenvalue weighted by Gasteiger charge is -2.27. The van der Waals surface area contributed by atoms with Gasteiger partial charge in [0.2, 0.25) is 5.91 Å². The van der Waals surface area contributed by atoms with Crippen LogP contribution in [0, 0.1) is 11.7 Å². The van der Waals surface area contributed by atoms with Gasteiger partial charge in [0, 0.05) is 17.7 Å². The topological polar surface area (TPSA) is 58.4 Å². The summed E-state index contributed by atoms with van der Waals surface area (Å²) in [6, 6.07) is 8.82. The van der Waals surface area contributed by atoms with E-state index in [1.165, 1.54) is 17.1 Å². The molecule has 1 unspecified atom stereocenters. The van der Waals surface area contributed by atoms with Crippen LogP contribution in [-0.2, 0) is 11.2 Å². The van der Waals surface area contributed by atoms with Gasteiger partial charge in [-0.15, -0.1) is 0 Å². The van der Waals surface area contributed by atoms with E-state index in [9.17, 15) is 9.18 Å². The molecule has 2 aliphatic rings. The Balaban J connectivity index is 1.70. The number of hydrogen-bond acceptors (Lipinski definition) is 3. The van der Waals surface area contributed by atoms with Gasteiger partial charge in [0.15, 0.2) is 0 Å². The maximum absolute atomic E-state index is 13.7. The molecule has 4 nitrogen and oxygen atoms in total. The fourth-order valence-electron chi connectivity index (χ4n) is 3.47. The summed E-state index contributed by atoms with van der Waals surface area (Å²) in [5.74, 6) is 5.72. The van der Waals surface area contributed by atoms with Gasteiger partial charge in [0.25, 0.3) is 0 Å². The van der Waals surface area contributed by atoms with Crippen LogP contribution in [0.3, 0.4) is 0 Å². The zero-order valence-corrected chi connectivity index (χ0v) is 15.8. The lowest BCUT2D eigenvalue weighted by Crippen LogP contribution is -2.54. The van der Waals surface area contributed by atoms with E-state index in [-0.39, 0.29) is 23.8 Å². The third kappa shape index (κ3) is 3.45. The number of hydrazine groups is 1. The van der Waals surface area contributed by atoms with Crippen molar-refractivity contribution in [2.75, 3.05) is 0 Å². The number of nitrogens with zero attached hydrogens (tertiary/aromatic N) is 1. The molecule has 0 bridgehead atoms. The van der Waals surface area contributed by atoms with Crippen molar-refractivity contribution >= 4 is 29.8 Å². The molecule has 1 amide bonds. The zero-order valence-electron chi connectivity index (χ0n) is 15.0. The highest BCUT2D eigenvalue weighted by Crippen LogP contribution is 2.32. The molecule has 2 aromatic rings. The number of hydrogen-bond donors (Lipinski definition) is 2. The molecule has 1 aliphatic heterocycles. The second-order valence-corrected chi connectivity index (χ2v) is 7.47. The van der Waals surface area contributed by atoms with E-state index < -0.39 is 0 Å². The van der Waals surface area contributed by atoms with Crippen molar-refractivity contribution in [2.45, 2.75) is 32.4 Å². The van der Waals surface area contributed by atoms with Gasteiger partial charge in [0.05, 0.1) is 5.02 Å². The molecule has 0 spiro atoms. The molecule has 1 aliphatic carbocycles. The number of carbonyl (C=O) groups is 1. The van der Waals surface area contributed by atoms with E-state index in [1.807, 2.05) is 37.4 Å². The number of benzene rings is 2. The average Bonchev–Trinajstić information content (AvgIpc) is 3.50. The zero-order chi connectivity index (χ0) is 19.1. The van der Waals surface area contributed by atoms with Gasteiger partial charge < -0.3 is 5.32 Å². The van der Waals surface area contributed by atoms with Crippen molar-refractivity contribution in [2.24, 2.45) is 11.8 Å². The number of nitrogens with one attached hydrogen (secondary N) is 1. The van der Waals surface area contributed by atoms with Crippen LogP contribution in [0.4, 0.5) is 4.39 Å². The van der Waals surface area contributed by atoms with E-state index >= 15 is 0 Å². The van der Waals surface area contributed by atoms with Crippen molar-refractivity contribution in [3.05, 3.63) is 57.2 Å². The Morgan fingerprint density at radius 2 is 2.07 bits per heavy atom. The van der Waals surface area contributed by atoms with Gasteiger partial charge in [-0.05, 0) is 65.1 Å².